The average molecular weight is 384 g/mol. The molecule has 24 heavy (non-hydrogen) atoms. The van der Waals surface area contributed by atoms with Gasteiger partial charge >= 0.3 is 136 Å². The van der Waals surface area contributed by atoms with Gasteiger partial charge in [0.25, 0.3) is 0 Å². The van der Waals surface area contributed by atoms with Crippen LogP contribution in [0.2, 0.25) is 0 Å². The number of benzene rings is 2. The summed E-state index contributed by atoms with van der Waals surface area (Å²) < 4.78 is -0.425. The molecule has 1 heterocycles. The molecule has 3 rings (SSSR count). The normalized spacial score (nSPS) is 12.4. The van der Waals surface area contributed by atoms with Gasteiger partial charge in [0.15, 0.2) is 0 Å². The van der Waals surface area contributed by atoms with E-state index in [0.29, 0.717) is 11.1 Å². The zero-order chi connectivity index (χ0) is 17.7. The molecule has 3 amide bonds. The monoisotopic (exact) mass is 384 g/mol. The average Bonchev–Trinajstić information content (AvgIpc) is 2.87. The minimum absolute atomic E-state index is 0.153. The molecule has 0 spiro atoms. The van der Waals surface area contributed by atoms with Gasteiger partial charge in [0.1, 0.15) is 0 Å². The molecule has 5 nitrogen and oxygen atoms in total. The van der Waals surface area contributed by atoms with Gasteiger partial charge in [-0.2, -0.15) is 0 Å². The summed E-state index contributed by atoms with van der Waals surface area (Å²) in [7, 11) is 0. The van der Waals surface area contributed by atoms with E-state index < -0.39 is 16.5 Å². The maximum absolute atomic E-state index is 12.4. The first-order chi connectivity index (χ1) is 11.6. The van der Waals surface area contributed by atoms with E-state index >= 15 is 0 Å². The van der Waals surface area contributed by atoms with Crippen molar-refractivity contribution in [2.24, 2.45) is 0 Å². The van der Waals surface area contributed by atoms with E-state index in [4.69, 9.17) is 0 Å². The van der Waals surface area contributed by atoms with Gasteiger partial charge in [0, 0.05) is 0 Å². The van der Waals surface area contributed by atoms with E-state index in [0.717, 1.165) is 15.6 Å². The Balaban J connectivity index is 0.00000100. The van der Waals surface area contributed by atoms with E-state index in [2.05, 4.69) is 0 Å². The number of carbonyl (C=O) groups excluding carboxylic acids is 3. The van der Waals surface area contributed by atoms with Crippen LogP contribution in [-0.2, 0) is 6.54 Å². The van der Waals surface area contributed by atoms with Crippen molar-refractivity contribution in [3.63, 3.8) is 0 Å². The minimum atomic E-state index is -0.476. The predicted octanol–water partition coefficient (Wildman–Crippen LogP) is 3.01. The van der Waals surface area contributed by atoms with Gasteiger partial charge < -0.3 is 0 Å². The molecule has 2 aromatic carbocycles. The first kappa shape index (κ1) is 18.0. The van der Waals surface area contributed by atoms with Crippen molar-refractivity contribution < 1.29 is 14.4 Å². The second-order valence-corrected chi connectivity index (χ2v) is 5.60. The Morgan fingerprint density at radius 1 is 0.917 bits per heavy atom. The van der Waals surface area contributed by atoms with Crippen molar-refractivity contribution in [2.45, 2.75) is 20.4 Å². The number of hydrazine groups is 1. The Morgan fingerprint density at radius 2 is 1.38 bits per heavy atom. The molecule has 6 heteroatoms. The first-order valence-corrected chi connectivity index (χ1v) is 8.55. The summed E-state index contributed by atoms with van der Waals surface area (Å²) in [5.74, 6) is -0.952. The summed E-state index contributed by atoms with van der Waals surface area (Å²) in [5, 5.41) is 2.07. The van der Waals surface area contributed by atoms with Crippen LogP contribution in [0.4, 0.5) is 4.79 Å². The van der Waals surface area contributed by atoms with Crippen LogP contribution in [0.1, 0.15) is 40.1 Å². The summed E-state index contributed by atoms with van der Waals surface area (Å²) in [6.45, 7) is 4.15. The fourth-order valence-corrected chi connectivity index (χ4v) is 2.71. The maximum atomic E-state index is 12.4. The Bertz CT molecular complexity index is 727. The van der Waals surface area contributed by atoms with E-state index in [1.807, 2.05) is 61.0 Å². The number of carbonyl (C=O) groups is 3. The summed E-state index contributed by atoms with van der Waals surface area (Å²) in [4.78, 5) is 36.8. The van der Waals surface area contributed by atoms with Gasteiger partial charge in [-0.05, 0) is 0 Å². The van der Waals surface area contributed by atoms with Crippen molar-refractivity contribution in [1.29, 1.82) is 0 Å². The topological polar surface area (TPSA) is 57.7 Å². The molecule has 0 bridgehead atoms. The molecule has 0 aliphatic carbocycles. The van der Waals surface area contributed by atoms with Gasteiger partial charge in [0.2, 0.25) is 0 Å². The molecule has 0 aromatic heterocycles. The van der Waals surface area contributed by atoms with E-state index in [1.54, 1.807) is 24.3 Å². The predicted molar refractivity (Wildman–Crippen MR) is 91.4 cm³/mol. The number of fused-ring (bicyclic) bond motifs is 1. The SMILES string of the molecule is CC.O=C([As])N(Cc1ccccc1)N1C(=O)c2ccccc2C1=O. The molecular weight excluding hydrogens is 367 g/mol. The molecular formula is C18H17AsN2O3. The number of rotatable bonds is 3. The third kappa shape index (κ3) is 3.41. The molecule has 122 valence electrons. The fourth-order valence-electron chi connectivity index (χ4n) is 2.38. The van der Waals surface area contributed by atoms with Crippen LogP contribution < -0.4 is 0 Å². The van der Waals surface area contributed by atoms with Crippen LogP contribution in [0.5, 0.6) is 0 Å². The molecule has 0 N–H and O–H groups in total. The van der Waals surface area contributed by atoms with E-state index in [1.165, 1.54) is 0 Å². The van der Waals surface area contributed by atoms with Crippen LogP contribution in [0.3, 0.4) is 0 Å². The molecule has 1 aliphatic heterocycles. The van der Waals surface area contributed by atoms with Crippen LogP contribution in [0, 0.1) is 0 Å². The third-order valence-corrected chi connectivity index (χ3v) is 3.89. The van der Waals surface area contributed by atoms with Crippen molar-refractivity contribution in [1.82, 2.24) is 10.0 Å². The number of hydrogen-bond acceptors (Lipinski definition) is 3. The van der Waals surface area contributed by atoms with E-state index in [9.17, 15) is 14.4 Å². The van der Waals surface area contributed by atoms with Crippen molar-refractivity contribution >= 4 is 33.4 Å². The second-order valence-electron chi connectivity index (χ2n) is 4.79. The standard InChI is InChI=1S/C16H11AsN2O3.C2H6/c17-16(22)18(10-11-6-2-1-3-7-11)19-14(20)12-8-4-5-9-13(12)15(19)21;1-2/h1-9H,10H2;1-2H3. The van der Waals surface area contributed by atoms with Gasteiger partial charge in [-0.3, -0.25) is 0 Å². The third-order valence-electron chi connectivity index (χ3n) is 3.41. The Labute approximate surface area is 149 Å². The van der Waals surface area contributed by atoms with Gasteiger partial charge in [-0.1, -0.05) is 13.8 Å². The van der Waals surface area contributed by atoms with Crippen molar-refractivity contribution in [2.75, 3.05) is 0 Å². The van der Waals surface area contributed by atoms with Crippen LogP contribution in [-0.4, -0.2) is 43.4 Å². The number of hydrogen-bond donors (Lipinski definition) is 0. The summed E-state index contributed by atoms with van der Waals surface area (Å²) in [6.07, 6.45) is 0. The first-order valence-electron chi connectivity index (χ1n) is 7.61. The number of amides is 3. The van der Waals surface area contributed by atoms with Crippen LogP contribution in [0.15, 0.2) is 54.6 Å². The Morgan fingerprint density at radius 3 is 1.83 bits per heavy atom. The van der Waals surface area contributed by atoms with Gasteiger partial charge in [-0.25, -0.2) is 0 Å². The van der Waals surface area contributed by atoms with Gasteiger partial charge in [0.05, 0.1) is 0 Å². The molecule has 0 unspecified atom stereocenters. The second kappa shape index (κ2) is 7.93. The zero-order valence-corrected chi connectivity index (χ0v) is 15.3. The Kier molecular flexibility index (Phi) is 5.93. The van der Waals surface area contributed by atoms with Crippen LogP contribution >= 0.6 is 0 Å². The van der Waals surface area contributed by atoms with Crippen molar-refractivity contribution in [3.05, 3.63) is 71.3 Å². The van der Waals surface area contributed by atoms with E-state index in [-0.39, 0.29) is 6.54 Å². The molecule has 2 aromatic rings. The summed E-state index contributed by atoms with van der Waals surface area (Å²) in [5.41, 5.74) is 1.47. The molecule has 0 saturated carbocycles. The molecule has 0 fully saturated rings. The van der Waals surface area contributed by atoms with Crippen molar-refractivity contribution in [3.8, 4) is 0 Å². The molecule has 0 atom stereocenters. The Hall–Kier alpha value is -2.39. The van der Waals surface area contributed by atoms with Gasteiger partial charge in [-0.15, -0.1) is 0 Å². The number of imide groups is 1. The molecule has 1 aliphatic rings. The number of nitrogens with zero attached hydrogens (tertiary/aromatic N) is 2. The molecule has 2 radical (unpaired) electrons. The summed E-state index contributed by atoms with van der Waals surface area (Å²) in [6, 6.07) is 15.8. The zero-order valence-electron chi connectivity index (χ0n) is 13.5. The van der Waals surface area contributed by atoms with Crippen LogP contribution in [0.25, 0.3) is 0 Å². The quantitative estimate of drug-likeness (QED) is 0.604. The molecule has 0 saturated heterocycles. The summed E-state index contributed by atoms with van der Waals surface area (Å²) >= 11 is 1.84. The fraction of sp³-hybridized carbons (Fsp3) is 0.167.